The summed E-state index contributed by atoms with van der Waals surface area (Å²) in [6.45, 7) is 9.44. The second-order valence-electron chi connectivity index (χ2n) is 8.12. The van der Waals surface area contributed by atoms with Crippen LogP contribution in [-0.2, 0) is 4.79 Å². The van der Waals surface area contributed by atoms with Gasteiger partial charge in [-0.25, -0.2) is 4.39 Å². The first-order valence-electron chi connectivity index (χ1n) is 10.2. The maximum absolute atomic E-state index is 13.6. The van der Waals surface area contributed by atoms with Crippen molar-refractivity contribution in [1.29, 1.82) is 0 Å². The van der Waals surface area contributed by atoms with Crippen molar-refractivity contribution in [1.82, 2.24) is 14.8 Å². The molecule has 0 bridgehead atoms. The number of fused-ring (bicyclic) bond motifs is 1. The lowest BCUT2D eigenvalue weighted by atomic mass is 10.0. The van der Waals surface area contributed by atoms with E-state index in [0.717, 1.165) is 42.5 Å². The number of halogens is 1. The number of carbonyl (C=O) groups excluding carboxylic acids is 1. The lowest BCUT2D eigenvalue weighted by Crippen LogP contribution is -2.46. The topological polar surface area (TPSA) is 52.8 Å². The summed E-state index contributed by atoms with van der Waals surface area (Å²) in [7, 11) is 0. The Hall–Kier alpha value is -2.72. The van der Waals surface area contributed by atoms with Crippen molar-refractivity contribution in [3.63, 3.8) is 0 Å². The number of likely N-dealkylation sites (tertiary alicyclic amines) is 2. The van der Waals surface area contributed by atoms with Crippen LogP contribution >= 0.6 is 0 Å². The summed E-state index contributed by atoms with van der Waals surface area (Å²) in [5.74, 6) is -0.0927. The van der Waals surface area contributed by atoms with Gasteiger partial charge in [-0.05, 0) is 38.0 Å². The number of aryl methyl sites for hydroxylation is 1. The van der Waals surface area contributed by atoms with Crippen LogP contribution in [-0.4, -0.2) is 65.2 Å². The van der Waals surface area contributed by atoms with E-state index in [4.69, 9.17) is 6.57 Å². The number of alkyl halides is 1. The van der Waals surface area contributed by atoms with Crippen LogP contribution in [0.3, 0.4) is 0 Å². The van der Waals surface area contributed by atoms with Crippen molar-refractivity contribution in [2.75, 3.05) is 31.5 Å². The fourth-order valence-electron chi connectivity index (χ4n) is 4.26. The zero-order valence-corrected chi connectivity index (χ0v) is 16.7. The quantitative estimate of drug-likeness (QED) is 0.862. The van der Waals surface area contributed by atoms with Gasteiger partial charge in [0.1, 0.15) is 6.17 Å². The lowest BCUT2D eigenvalue weighted by molar-refractivity contribution is -0.133. The summed E-state index contributed by atoms with van der Waals surface area (Å²) in [6, 6.07) is 8.74. The molecule has 1 aromatic heterocycles. The summed E-state index contributed by atoms with van der Waals surface area (Å²) < 4.78 is 13.6. The third kappa shape index (κ3) is 4.48. The summed E-state index contributed by atoms with van der Waals surface area (Å²) in [4.78, 5) is 24.3. The molecule has 2 atom stereocenters. The second kappa shape index (κ2) is 8.34. The van der Waals surface area contributed by atoms with E-state index in [2.05, 4.69) is 45.2 Å². The van der Waals surface area contributed by atoms with E-state index in [-0.39, 0.29) is 18.9 Å². The molecule has 6 nitrogen and oxygen atoms in total. The molecule has 1 N–H and O–H groups in total. The molecule has 0 saturated carbocycles. The minimum atomic E-state index is -1.04. The maximum Gasteiger partial charge on any atom is 0.352 e. The molecule has 7 heteroatoms. The van der Waals surface area contributed by atoms with Crippen LogP contribution in [0.25, 0.3) is 15.7 Å². The van der Waals surface area contributed by atoms with Gasteiger partial charge in [-0.2, -0.15) is 0 Å². The third-order valence-corrected chi connectivity index (χ3v) is 5.87. The summed E-state index contributed by atoms with van der Waals surface area (Å²) in [6.07, 6.45) is 2.40. The smallest absolute Gasteiger partial charge is 0.352 e. The Bertz CT molecular complexity index is 934. The molecule has 0 radical (unpaired) electrons. The molecule has 2 aromatic rings. The number of hydrogen-bond acceptors (Lipinski definition) is 4. The van der Waals surface area contributed by atoms with Crippen LogP contribution in [0.2, 0.25) is 0 Å². The molecular formula is C22H27FN5O+. The van der Waals surface area contributed by atoms with Crippen molar-refractivity contribution in [2.45, 2.75) is 44.6 Å². The number of nitrogens with zero attached hydrogens (tertiary/aromatic N) is 4. The van der Waals surface area contributed by atoms with Gasteiger partial charge in [-0.3, -0.25) is 19.6 Å². The number of benzene rings is 1. The van der Waals surface area contributed by atoms with Crippen LogP contribution < -0.4 is 5.32 Å². The average molecular weight is 396 g/mol. The predicted molar refractivity (Wildman–Crippen MR) is 113 cm³/mol. The van der Waals surface area contributed by atoms with E-state index in [1.165, 1.54) is 10.5 Å². The standard InChI is InChI=1S/C22H27FN5O/c1-15-3-4-20-16(9-15)10-19(12-25-20)26-18-5-7-27(8-6-18)14-22(29)28-13-17(23)11-21(28)24-2/h2-4,9-10,12,17-18,21,26H,5-8,11,13-14H2,1H3/q+1/t17-,21-/m0/s1. The van der Waals surface area contributed by atoms with Gasteiger partial charge in [0.2, 0.25) is 5.91 Å². The normalized spacial score (nSPS) is 23.3. The van der Waals surface area contributed by atoms with Crippen LogP contribution in [0.5, 0.6) is 0 Å². The van der Waals surface area contributed by atoms with Gasteiger partial charge in [0, 0.05) is 24.5 Å². The van der Waals surface area contributed by atoms with Crippen LogP contribution in [0.1, 0.15) is 24.8 Å². The number of nitrogens with one attached hydrogen (secondary N) is 1. The average Bonchev–Trinajstić information content (AvgIpc) is 3.10. The van der Waals surface area contributed by atoms with Crippen molar-refractivity contribution in [3.05, 3.63) is 40.9 Å². The van der Waals surface area contributed by atoms with Crippen LogP contribution in [0, 0.1) is 13.5 Å². The van der Waals surface area contributed by atoms with Gasteiger partial charge in [0.05, 0.1) is 36.9 Å². The zero-order chi connectivity index (χ0) is 20.4. The second-order valence-corrected chi connectivity index (χ2v) is 8.12. The molecule has 29 heavy (non-hydrogen) atoms. The zero-order valence-electron chi connectivity index (χ0n) is 16.7. The van der Waals surface area contributed by atoms with Crippen molar-refractivity contribution < 1.29 is 9.18 Å². The van der Waals surface area contributed by atoms with E-state index in [9.17, 15) is 9.18 Å². The Morgan fingerprint density at radius 2 is 2.14 bits per heavy atom. The molecule has 0 aliphatic carbocycles. The molecule has 2 fully saturated rings. The molecule has 1 aromatic carbocycles. The first kappa shape index (κ1) is 19.6. The lowest BCUT2D eigenvalue weighted by Gasteiger charge is -2.33. The Morgan fingerprint density at radius 1 is 1.34 bits per heavy atom. The van der Waals surface area contributed by atoms with Gasteiger partial charge in [-0.15, -0.1) is 0 Å². The number of anilines is 1. The summed E-state index contributed by atoms with van der Waals surface area (Å²) >= 11 is 0. The fourth-order valence-corrected chi connectivity index (χ4v) is 4.26. The van der Waals surface area contributed by atoms with E-state index < -0.39 is 12.3 Å². The fraction of sp³-hybridized carbons (Fsp3) is 0.500. The Labute approximate surface area is 170 Å². The highest BCUT2D eigenvalue weighted by Gasteiger charge is 2.42. The molecule has 1 amide bonds. The number of piperidine rings is 1. The minimum Gasteiger partial charge on any atom is -0.381 e. The first-order valence-corrected chi connectivity index (χ1v) is 10.2. The highest BCUT2D eigenvalue weighted by molar-refractivity contribution is 5.82. The number of rotatable bonds is 4. The molecule has 2 aliphatic heterocycles. The summed E-state index contributed by atoms with van der Waals surface area (Å²) in [5.41, 5.74) is 3.24. The maximum atomic E-state index is 13.6. The first-order chi connectivity index (χ1) is 14.0. The van der Waals surface area contributed by atoms with Gasteiger partial charge < -0.3 is 5.32 Å². The summed E-state index contributed by atoms with van der Waals surface area (Å²) in [5, 5.41) is 4.71. The minimum absolute atomic E-state index is 0.0927. The number of amides is 1. The van der Waals surface area contributed by atoms with Crippen molar-refractivity contribution >= 4 is 22.5 Å². The number of hydrogen-bond donors (Lipinski definition) is 1. The SMILES string of the molecule is C#[N+][C@@H]1C[C@H](F)CN1C(=O)CN1CCC(Nc2cnc3ccc(C)cc3c2)CC1. The van der Waals surface area contributed by atoms with Gasteiger partial charge in [0.25, 0.3) is 6.57 Å². The molecule has 3 heterocycles. The Balaban J connectivity index is 1.29. The largest absolute Gasteiger partial charge is 0.381 e. The molecule has 152 valence electrons. The molecule has 0 spiro atoms. The van der Waals surface area contributed by atoms with Gasteiger partial charge >= 0.3 is 6.17 Å². The predicted octanol–water partition coefficient (Wildman–Crippen LogP) is 3.28. The van der Waals surface area contributed by atoms with Crippen molar-refractivity contribution in [3.8, 4) is 6.57 Å². The molecule has 2 aliphatic rings. The monoisotopic (exact) mass is 396 g/mol. The number of carbonyl (C=O) groups is 1. The molecule has 2 saturated heterocycles. The van der Waals surface area contributed by atoms with E-state index in [0.29, 0.717) is 12.6 Å². The van der Waals surface area contributed by atoms with Crippen molar-refractivity contribution in [2.24, 2.45) is 0 Å². The third-order valence-electron chi connectivity index (χ3n) is 5.87. The van der Waals surface area contributed by atoms with E-state index in [1.807, 2.05) is 12.3 Å². The highest BCUT2D eigenvalue weighted by atomic mass is 19.1. The molecule has 4 rings (SSSR count). The Kier molecular flexibility index (Phi) is 5.63. The van der Waals surface area contributed by atoms with E-state index >= 15 is 0 Å². The highest BCUT2D eigenvalue weighted by Crippen LogP contribution is 2.23. The Morgan fingerprint density at radius 3 is 2.90 bits per heavy atom. The van der Waals surface area contributed by atoms with Crippen LogP contribution in [0.15, 0.2) is 30.5 Å². The van der Waals surface area contributed by atoms with Gasteiger partial charge in [-0.1, -0.05) is 16.5 Å². The van der Waals surface area contributed by atoms with E-state index in [1.54, 1.807) is 0 Å². The molecular weight excluding hydrogens is 369 g/mol. The molecule has 0 unspecified atom stereocenters. The van der Waals surface area contributed by atoms with Crippen LogP contribution in [0.4, 0.5) is 10.1 Å². The number of pyridine rings is 1. The van der Waals surface area contributed by atoms with Gasteiger partial charge in [0.15, 0.2) is 0 Å². The number of aromatic nitrogens is 1.